The van der Waals surface area contributed by atoms with Crippen molar-refractivity contribution in [2.24, 2.45) is 0 Å². The van der Waals surface area contributed by atoms with Crippen LogP contribution < -0.4 is 4.90 Å². The van der Waals surface area contributed by atoms with Gasteiger partial charge in [-0.25, -0.2) is 22.4 Å². The standard InChI is InChI=1S/C27H32F5N3O3/c1-16-10-17-11-20(36)4-5-21(17)25(34(16)15-27(2,31)32)24-22(29)12-19(13-23(24)30)35(26(37)38)18-6-9-33(14-18)8-3-7-28/h4-5,11-13,16,18,25,36H,3,6-10,14-15H2,1-2H3,(H,37,38)/t16-,18+,25+/m1/s1. The van der Waals surface area contributed by atoms with E-state index in [1.165, 1.54) is 23.1 Å². The van der Waals surface area contributed by atoms with Gasteiger partial charge in [0, 0.05) is 38.2 Å². The van der Waals surface area contributed by atoms with E-state index in [4.69, 9.17) is 0 Å². The first-order valence-electron chi connectivity index (χ1n) is 12.6. The first-order valence-corrected chi connectivity index (χ1v) is 12.6. The van der Waals surface area contributed by atoms with E-state index in [-0.39, 0.29) is 11.4 Å². The minimum Gasteiger partial charge on any atom is -0.508 e. The van der Waals surface area contributed by atoms with E-state index in [2.05, 4.69) is 0 Å². The predicted molar refractivity (Wildman–Crippen MR) is 133 cm³/mol. The number of rotatable bonds is 8. The number of nitrogens with zero attached hydrogens (tertiary/aromatic N) is 3. The summed E-state index contributed by atoms with van der Waals surface area (Å²) in [6.07, 6.45) is -0.358. The van der Waals surface area contributed by atoms with Crippen molar-refractivity contribution in [3.8, 4) is 5.75 Å². The maximum Gasteiger partial charge on any atom is 0.412 e. The molecule has 0 radical (unpaired) electrons. The lowest BCUT2D eigenvalue weighted by atomic mass is 9.84. The van der Waals surface area contributed by atoms with Crippen molar-refractivity contribution in [1.82, 2.24) is 9.80 Å². The van der Waals surface area contributed by atoms with E-state index in [1.54, 1.807) is 6.92 Å². The number of anilines is 1. The quantitative estimate of drug-likeness (QED) is 0.427. The molecule has 1 saturated heterocycles. The minimum absolute atomic E-state index is 0.0468. The Morgan fingerprint density at radius 2 is 1.87 bits per heavy atom. The van der Waals surface area contributed by atoms with Crippen LogP contribution in [0, 0.1) is 11.6 Å². The third kappa shape index (κ3) is 5.88. The normalized spacial score (nSPS) is 22.4. The fourth-order valence-electron chi connectivity index (χ4n) is 5.75. The molecule has 208 valence electrons. The topological polar surface area (TPSA) is 67.2 Å². The summed E-state index contributed by atoms with van der Waals surface area (Å²) in [5.41, 5.74) is 0.325. The first-order chi connectivity index (χ1) is 17.9. The number of fused-ring (bicyclic) bond motifs is 1. The SMILES string of the molecule is C[C@@H]1Cc2cc(O)ccc2[C@@H](c2c(F)cc(N(C(=O)O)[C@H]3CCN(CCCF)C3)cc2F)N1CC(C)(F)F. The van der Waals surface area contributed by atoms with Gasteiger partial charge in [-0.15, -0.1) is 0 Å². The van der Waals surface area contributed by atoms with Gasteiger partial charge in [-0.2, -0.15) is 0 Å². The zero-order valence-corrected chi connectivity index (χ0v) is 21.3. The predicted octanol–water partition coefficient (Wildman–Crippen LogP) is 5.58. The number of amides is 1. The van der Waals surface area contributed by atoms with Gasteiger partial charge in [-0.3, -0.25) is 14.2 Å². The molecule has 0 aromatic heterocycles. The third-order valence-electron chi connectivity index (χ3n) is 7.34. The molecule has 38 heavy (non-hydrogen) atoms. The minimum atomic E-state index is -3.15. The molecule has 4 rings (SSSR count). The van der Waals surface area contributed by atoms with E-state index in [1.807, 2.05) is 4.90 Å². The molecular formula is C27H32F5N3O3. The van der Waals surface area contributed by atoms with E-state index < -0.39 is 60.6 Å². The zero-order valence-electron chi connectivity index (χ0n) is 21.3. The van der Waals surface area contributed by atoms with E-state index in [0.717, 1.165) is 24.0 Å². The van der Waals surface area contributed by atoms with Crippen LogP contribution in [0.2, 0.25) is 0 Å². The van der Waals surface area contributed by atoms with Crippen LogP contribution in [0.3, 0.4) is 0 Å². The Morgan fingerprint density at radius 3 is 2.47 bits per heavy atom. The Morgan fingerprint density at radius 1 is 1.18 bits per heavy atom. The largest absolute Gasteiger partial charge is 0.508 e. The highest BCUT2D eigenvalue weighted by molar-refractivity contribution is 5.87. The Balaban J connectivity index is 1.75. The van der Waals surface area contributed by atoms with Gasteiger partial charge in [-0.05, 0) is 61.6 Å². The Bertz CT molecular complexity index is 1150. The number of halogens is 5. The summed E-state index contributed by atoms with van der Waals surface area (Å²) in [5.74, 6) is -5.30. The van der Waals surface area contributed by atoms with Crippen LogP contribution in [0.5, 0.6) is 5.75 Å². The van der Waals surface area contributed by atoms with Gasteiger partial charge in [-0.1, -0.05) is 6.07 Å². The second kappa shape index (κ2) is 11.1. The molecule has 2 heterocycles. The number of phenols is 1. The van der Waals surface area contributed by atoms with Gasteiger partial charge in [0.1, 0.15) is 17.4 Å². The third-order valence-corrected chi connectivity index (χ3v) is 7.34. The molecule has 1 amide bonds. The number of benzene rings is 2. The van der Waals surface area contributed by atoms with E-state index in [9.17, 15) is 28.2 Å². The molecule has 2 aliphatic heterocycles. The van der Waals surface area contributed by atoms with Crippen LogP contribution in [-0.2, 0) is 6.42 Å². The number of phenolic OH excluding ortho intramolecular Hbond substituents is 1. The van der Waals surface area contributed by atoms with Crippen molar-refractivity contribution >= 4 is 11.8 Å². The number of aromatic hydroxyl groups is 1. The summed E-state index contributed by atoms with van der Waals surface area (Å²) in [6, 6.07) is 3.82. The second-order valence-electron chi connectivity index (χ2n) is 10.3. The fourth-order valence-corrected chi connectivity index (χ4v) is 5.75. The lowest BCUT2D eigenvalue weighted by Gasteiger charge is -2.43. The summed E-state index contributed by atoms with van der Waals surface area (Å²) in [4.78, 5) is 16.3. The molecule has 0 aliphatic carbocycles. The number of hydrogen-bond donors (Lipinski definition) is 2. The fraction of sp³-hybridized carbons (Fsp3) is 0.519. The highest BCUT2D eigenvalue weighted by atomic mass is 19.3. The molecule has 0 bridgehead atoms. The first kappa shape index (κ1) is 28.1. The molecule has 0 saturated carbocycles. The van der Waals surface area contributed by atoms with Crippen LogP contribution in [0.1, 0.15) is 49.4 Å². The van der Waals surface area contributed by atoms with Crippen molar-refractivity contribution in [2.45, 2.75) is 57.2 Å². The van der Waals surface area contributed by atoms with Crippen LogP contribution in [0.15, 0.2) is 30.3 Å². The number of carboxylic acid groups (broad SMARTS) is 1. The van der Waals surface area contributed by atoms with Gasteiger partial charge < -0.3 is 15.1 Å². The van der Waals surface area contributed by atoms with Gasteiger partial charge in [0.05, 0.1) is 31.0 Å². The number of carbonyl (C=O) groups is 1. The average molecular weight is 542 g/mol. The molecule has 1 fully saturated rings. The highest BCUT2D eigenvalue weighted by Gasteiger charge is 2.41. The van der Waals surface area contributed by atoms with Crippen LogP contribution in [0.25, 0.3) is 0 Å². The van der Waals surface area contributed by atoms with E-state index >= 15 is 8.78 Å². The van der Waals surface area contributed by atoms with Gasteiger partial charge >= 0.3 is 6.09 Å². The maximum atomic E-state index is 15.8. The molecule has 0 spiro atoms. The van der Waals surface area contributed by atoms with Crippen molar-refractivity contribution in [3.05, 3.63) is 58.7 Å². The Kier molecular flexibility index (Phi) is 8.17. The number of alkyl halides is 3. The molecule has 2 aromatic carbocycles. The molecule has 3 atom stereocenters. The molecule has 2 aromatic rings. The van der Waals surface area contributed by atoms with Crippen molar-refractivity contribution < 1.29 is 37.0 Å². The molecule has 0 unspecified atom stereocenters. The average Bonchev–Trinajstić information content (AvgIpc) is 3.26. The maximum absolute atomic E-state index is 15.8. The molecule has 2 aliphatic rings. The zero-order chi connectivity index (χ0) is 27.8. The summed E-state index contributed by atoms with van der Waals surface area (Å²) < 4.78 is 72.5. The summed E-state index contributed by atoms with van der Waals surface area (Å²) in [6.45, 7) is 2.45. The van der Waals surface area contributed by atoms with Crippen molar-refractivity contribution in [2.75, 3.05) is 37.8 Å². The van der Waals surface area contributed by atoms with Gasteiger partial charge in [0.2, 0.25) is 0 Å². The van der Waals surface area contributed by atoms with Gasteiger partial charge in [0.15, 0.2) is 0 Å². The molecule has 2 N–H and O–H groups in total. The molecular weight excluding hydrogens is 509 g/mol. The lowest BCUT2D eigenvalue weighted by Crippen LogP contribution is -2.48. The molecule has 11 heteroatoms. The van der Waals surface area contributed by atoms with E-state index in [0.29, 0.717) is 50.0 Å². The second-order valence-corrected chi connectivity index (χ2v) is 10.3. The van der Waals surface area contributed by atoms with Crippen molar-refractivity contribution in [3.63, 3.8) is 0 Å². The van der Waals surface area contributed by atoms with Crippen molar-refractivity contribution in [1.29, 1.82) is 0 Å². The smallest absolute Gasteiger partial charge is 0.412 e. The number of hydrogen-bond acceptors (Lipinski definition) is 4. The monoisotopic (exact) mass is 541 g/mol. The Labute approximate surface area is 218 Å². The van der Waals surface area contributed by atoms with Crippen LogP contribution >= 0.6 is 0 Å². The lowest BCUT2D eigenvalue weighted by molar-refractivity contribution is -0.0371. The number of likely N-dealkylation sites (tertiary alicyclic amines) is 1. The van der Waals surface area contributed by atoms with Crippen LogP contribution in [-0.4, -0.2) is 77.0 Å². The van der Waals surface area contributed by atoms with Crippen LogP contribution in [0.4, 0.5) is 32.4 Å². The summed E-state index contributed by atoms with van der Waals surface area (Å²) in [5, 5.41) is 19.8. The Hall–Kier alpha value is -2.92. The highest BCUT2D eigenvalue weighted by Crippen LogP contribution is 2.43. The summed E-state index contributed by atoms with van der Waals surface area (Å²) in [7, 11) is 0. The molecule has 6 nitrogen and oxygen atoms in total. The van der Waals surface area contributed by atoms with Gasteiger partial charge in [0.25, 0.3) is 5.92 Å². The summed E-state index contributed by atoms with van der Waals surface area (Å²) >= 11 is 0.